The van der Waals surface area contributed by atoms with Crippen LogP contribution in [0.1, 0.15) is 39.9 Å². The fraction of sp³-hybridized carbons (Fsp3) is 0.391. The van der Waals surface area contributed by atoms with Gasteiger partial charge in [-0.2, -0.15) is 0 Å². The van der Waals surface area contributed by atoms with Gasteiger partial charge in [-0.15, -0.1) is 0 Å². The number of carbonyl (C=O) groups is 2. The van der Waals surface area contributed by atoms with Gasteiger partial charge in [0.1, 0.15) is 0 Å². The molecule has 28 heavy (non-hydrogen) atoms. The van der Waals surface area contributed by atoms with Crippen LogP contribution in [0.5, 0.6) is 0 Å². The van der Waals surface area contributed by atoms with E-state index in [1.165, 1.54) is 10.5 Å². The van der Waals surface area contributed by atoms with Crippen molar-refractivity contribution in [3.8, 4) is 0 Å². The zero-order valence-electron chi connectivity index (χ0n) is 16.8. The average Bonchev–Trinajstić information content (AvgIpc) is 2.69. The summed E-state index contributed by atoms with van der Waals surface area (Å²) in [6.07, 6.45) is 1.80. The summed E-state index contributed by atoms with van der Waals surface area (Å²) in [5.41, 5.74) is 4.14. The number of likely N-dealkylation sites (tertiary alicyclic amines) is 1. The first-order valence-electron chi connectivity index (χ1n) is 10.0. The maximum atomic E-state index is 12.4. The Balaban J connectivity index is 1.38. The normalized spacial score (nSPS) is 19.1. The van der Waals surface area contributed by atoms with Crippen molar-refractivity contribution < 1.29 is 14.5 Å². The minimum Gasteiger partial charge on any atom is -0.349 e. The Kier molecular flexibility index (Phi) is 6.82. The lowest BCUT2D eigenvalue weighted by atomic mass is 10.0. The number of rotatable bonds is 6. The molecule has 1 saturated heterocycles. The minimum absolute atomic E-state index is 0.00649. The first kappa shape index (κ1) is 20.1. The van der Waals surface area contributed by atoms with Gasteiger partial charge in [-0.25, -0.2) is 0 Å². The van der Waals surface area contributed by atoms with E-state index in [9.17, 15) is 9.59 Å². The predicted molar refractivity (Wildman–Crippen MR) is 110 cm³/mol. The van der Waals surface area contributed by atoms with Crippen LogP contribution in [0.4, 0.5) is 0 Å². The lowest BCUT2D eigenvalue weighted by molar-refractivity contribution is -0.897. The summed E-state index contributed by atoms with van der Waals surface area (Å²) in [4.78, 5) is 25.9. The highest BCUT2D eigenvalue weighted by Crippen LogP contribution is 2.06. The Morgan fingerprint density at radius 3 is 2.39 bits per heavy atom. The molecule has 148 valence electrons. The molecule has 0 unspecified atom stereocenters. The van der Waals surface area contributed by atoms with Crippen LogP contribution >= 0.6 is 0 Å². The zero-order chi connectivity index (χ0) is 19.9. The number of benzene rings is 2. The third-order valence-electron chi connectivity index (χ3n) is 5.33. The van der Waals surface area contributed by atoms with Gasteiger partial charge < -0.3 is 15.5 Å². The molecule has 2 aromatic rings. The molecule has 2 amide bonds. The Morgan fingerprint density at radius 2 is 1.71 bits per heavy atom. The van der Waals surface area contributed by atoms with Gasteiger partial charge in [-0.1, -0.05) is 47.5 Å². The molecule has 0 spiro atoms. The second-order valence-corrected chi connectivity index (χ2v) is 7.81. The highest BCUT2D eigenvalue weighted by molar-refractivity contribution is 5.94. The van der Waals surface area contributed by atoms with Crippen LogP contribution in [0.15, 0.2) is 48.5 Å². The monoisotopic (exact) mass is 380 g/mol. The molecule has 5 nitrogen and oxygen atoms in total. The Morgan fingerprint density at radius 1 is 1.00 bits per heavy atom. The van der Waals surface area contributed by atoms with Gasteiger partial charge in [0.05, 0.1) is 13.1 Å². The molecule has 3 N–H and O–H groups in total. The second-order valence-electron chi connectivity index (χ2n) is 7.81. The second kappa shape index (κ2) is 9.51. The summed E-state index contributed by atoms with van der Waals surface area (Å²) in [7, 11) is 0. The molecular weight excluding hydrogens is 350 g/mol. The Hall–Kier alpha value is -2.66. The number of hydrogen-bond donors (Lipinski definition) is 3. The van der Waals surface area contributed by atoms with Crippen molar-refractivity contribution in [1.82, 2.24) is 10.6 Å². The number of amides is 2. The number of quaternary nitrogens is 1. The molecule has 0 atom stereocenters. The largest absolute Gasteiger partial charge is 0.349 e. The number of carbonyl (C=O) groups excluding carboxylic acids is 2. The van der Waals surface area contributed by atoms with E-state index in [0.717, 1.165) is 37.1 Å². The third kappa shape index (κ3) is 5.92. The molecule has 2 aromatic carbocycles. The predicted octanol–water partition coefficient (Wildman–Crippen LogP) is 1.40. The number of aryl methyl sites for hydroxylation is 2. The third-order valence-corrected chi connectivity index (χ3v) is 5.33. The van der Waals surface area contributed by atoms with Gasteiger partial charge in [0, 0.05) is 31.0 Å². The maximum absolute atomic E-state index is 12.4. The summed E-state index contributed by atoms with van der Waals surface area (Å²) >= 11 is 0. The molecule has 0 aliphatic carbocycles. The van der Waals surface area contributed by atoms with Crippen LogP contribution in [0.25, 0.3) is 0 Å². The van der Waals surface area contributed by atoms with E-state index in [2.05, 4.69) is 29.7 Å². The van der Waals surface area contributed by atoms with Crippen LogP contribution in [-0.4, -0.2) is 37.5 Å². The first-order chi connectivity index (χ1) is 13.5. The standard InChI is InChI=1S/C23H29N3O2/c1-17-6-8-19(9-7-17)15-24-22(27)16-26-12-10-21(11-13-26)25-23(28)20-5-3-4-18(2)14-20/h3-9,14,21H,10-13,15-16H2,1-2H3,(H,24,27)(H,25,28)/p+1. The van der Waals surface area contributed by atoms with Crippen LogP contribution in [0.3, 0.4) is 0 Å². The highest BCUT2D eigenvalue weighted by atomic mass is 16.2. The summed E-state index contributed by atoms with van der Waals surface area (Å²) in [5, 5.41) is 6.14. The molecule has 0 radical (unpaired) electrons. The maximum Gasteiger partial charge on any atom is 0.275 e. The summed E-state index contributed by atoms with van der Waals surface area (Å²) in [5.74, 6) is 0.0748. The van der Waals surface area contributed by atoms with Gasteiger partial charge >= 0.3 is 0 Å². The van der Waals surface area contributed by atoms with Gasteiger partial charge in [-0.05, 0) is 31.5 Å². The van der Waals surface area contributed by atoms with Crippen LogP contribution in [-0.2, 0) is 11.3 Å². The highest BCUT2D eigenvalue weighted by Gasteiger charge is 2.25. The molecular formula is C23H30N3O2+. The first-order valence-corrected chi connectivity index (χ1v) is 10.0. The quantitative estimate of drug-likeness (QED) is 0.709. The fourth-order valence-electron chi connectivity index (χ4n) is 3.60. The lowest BCUT2D eigenvalue weighted by Crippen LogP contribution is -3.14. The fourth-order valence-corrected chi connectivity index (χ4v) is 3.60. The van der Waals surface area contributed by atoms with Crippen LogP contribution < -0.4 is 15.5 Å². The molecule has 0 aromatic heterocycles. The van der Waals surface area contributed by atoms with Crippen molar-refractivity contribution >= 4 is 11.8 Å². The minimum atomic E-state index is -0.00649. The van der Waals surface area contributed by atoms with E-state index >= 15 is 0 Å². The Labute approximate surface area is 167 Å². The van der Waals surface area contributed by atoms with Crippen molar-refractivity contribution in [3.63, 3.8) is 0 Å². The smallest absolute Gasteiger partial charge is 0.275 e. The molecule has 0 bridgehead atoms. The molecule has 0 saturated carbocycles. The van der Waals surface area contributed by atoms with Crippen LogP contribution in [0.2, 0.25) is 0 Å². The number of piperidine rings is 1. The summed E-state index contributed by atoms with van der Waals surface area (Å²) in [6, 6.07) is 16.1. The van der Waals surface area contributed by atoms with Crippen LogP contribution in [0, 0.1) is 13.8 Å². The SMILES string of the molecule is Cc1ccc(CNC(=O)C[NH+]2CCC(NC(=O)c3cccc(C)c3)CC2)cc1. The molecule has 1 heterocycles. The lowest BCUT2D eigenvalue weighted by Gasteiger charge is -2.29. The van der Waals surface area contributed by atoms with E-state index < -0.39 is 0 Å². The van der Waals surface area contributed by atoms with Crippen molar-refractivity contribution in [2.24, 2.45) is 0 Å². The van der Waals surface area contributed by atoms with E-state index in [0.29, 0.717) is 18.7 Å². The molecule has 1 fully saturated rings. The van der Waals surface area contributed by atoms with Gasteiger partial charge in [0.25, 0.3) is 11.8 Å². The zero-order valence-corrected chi connectivity index (χ0v) is 16.8. The summed E-state index contributed by atoms with van der Waals surface area (Å²) < 4.78 is 0. The van der Waals surface area contributed by atoms with Crippen molar-refractivity contribution in [3.05, 3.63) is 70.8 Å². The average molecular weight is 381 g/mol. The van der Waals surface area contributed by atoms with Crippen molar-refractivity contribution in [2.75, 3.05) is 19.6 Å². The molecule has 1 aliphatic heterocycles. The number of hydrogen-bond acceptors (Lipinski definition) is 2. The van der Waals surface area contributed by atoms with Crippen molar-refractivity contribution in [2.45, 2.75) is 39.3 Å². The summed E-state index contributed by atoms with van der Waals surface area (Å²) in [6.45, 7) is 6.90. The topological polar surface area (TPSA) is 62.6 Å². The Bertz CT molecular complexity index is 809. The number of nitrogens with one attached hydrogen (secondary N) is 3. The van der Waals surface area contributed by atoms with E-state index in [-0.39, 0.29) is 17.9 Å². The van der Waals surface area contributed by atoms with E-state index in [1.807, 2.05) is 43.3 Å². The van der Waals surface area contributed by atoms with Gasteiger partial charge in [0.15, 0.2) is 6.54 Å². The van der Waals surface area contributed by atoms with E-state index in [4.69, 9.17) is 0 Å². The van der Waals surface area contributed by atoms with Gasteiger partial charge in [0.2, 0.25) is 0 Å². The van der Waals surface area contributed by atoms with Gasteiger partial charge in [-0.3, -0.25) is 9.59 Å². The van der Waals surface area contributed by atoms with E-state index in [1.54, 1.807) is 0 Å². The molecule has 3 rings (SSSR count). The van der Waals surface area contributed by atoms with Crippen molar-refractivity contribution in [1.29, 1.82) is 0 Å². The molecule has 1 aliphatic rings. The molecule has 5 heteroatoms.